The van der Waals surface area contributed by atoms with Gasteiger partial charge in [-0.15, -0.1) is 5.10 Å². The van der Waals surface area contributed by atoms with Gasteiger partial charge in [0.05, 0.1) is 24.9 Å². The van der Waals surface area contributed by atoms with Crippen molar-refractivity contribution in [1.29, 1.82) is 0 Å². The Morgan fingerprint density at radius 2 is 2.05 bits per heavy atom. The van der Waals surface area contributed by atoms with E-state index in [1.54, 1.807) is 0 Å². The molecule has 0 radical (unpaired) electrons. The lowest BCUT2D eigenvalue weighted by atomic mass is 9.95. The summed E-state index contributed by atoms with van der Waals surface area (Å²) < 4.78 is 6.85. The molecule has 1 N–H and O–H groups in total. The number of nitrogens with zero attached hydrogens (tertiary/aromatic N) is 3. The van der Waals surface area contributed by atoms with Crippen LogP contribution in [-0.4, -0.2) is 34.6 Å². The molecular formula is C14H22N4O2. The van der Waals surface area contributed by atoms with Crippen LogP contribution in [0.15, 0.2) is 0 Å². The van der Waals surface area contributed by atoms with Crippen molar-refractivity contribution in [1.82, 2.24) is 20.3 Å². The number of esters is 1. The Kier molecular flexibility index (Phi) is 4.00. The van der Waals surface area contributed by atoms with E-state index in [9.17, 15) is 4.79 Å². The van der Waals surface area contributed by atoms with Gasteiger partial charge in [-0.2, -0.15) is 0 Å². The van der Waals surface area contributed by atoms with Crippen LogP contribution in [0.5, 0.6) is 0 Å². The minimum absolute atomic E-state index is 0.182. The molecule has 1 aromatic rings. The van der Waals surface area contributed by atoms with Crippen molar-refractivity contribution in [2.75, 3.05) is 13.7 Å². The largest absolute Gasteiger partial charge is 0.464 e. The second-order valence-electron chi connectivity index (χ2n) is 5.70. The fourth-order valence-electron chi connectivity index (χ4n) is 3.38. The highest BCUT2D eigenvalue weighted by molar-refractivity contribution is 5.88. The standard InChI is InChI=1S/C14H22N4O2/c1-20-14(19)12-13(11-8-5-9-15-11)18(17-16-12)10-6-3-2-4-7-10/h10-11,15H,2-9H2,1H3. The third-order valence-corrected chi connectivity index (χ3v) is 4.42. The highest BCUT2D eigenvalue weighted by Gasteiger charge is 2.32. The van der Waals surface area contributed by atoms with Crippen LogP contribution in [0.1, 0.15) is 73.2 Å². The van der Waals surface area contributed by atoms with Crippen molar-refractivity contribution in [3.63, 3.8) is 0 Å². The molecule has 1 unspecified atom stereocenters. The molecule has 1 saturated heterocycles. The minimum atomic E-state index is -0.379. The van der Waals surface area contributed by atoms with Crippen molar-refractivity contribution in [2.45, 2.75) is 57.0 Å². The predicted octanol–water partition coefficient (Wildman–Crippen LogP) is 1.99. The summed E-state index contributed by atoms with van der Waals surface area (Å²) in [5, 5.41) is 11.8. The Hall–Kier alpha value is -1.43. The van der Waals surface area contributed by atoms with Gasteiger partial charge in [-0.25, -0.2) is 9.48 Å². The number of aromatic nitrogens is 3. The van der Waals surface area contributed by atoms with E-state index in [0.29, 0.717) is 11.7 Å². The fraction of sp³-hybridized carbons (Fsp3) is 0.786. The average molecular weight is 278 g/mol. The lowest BCUT2D eigenvalue weighted by molar-refractivity contribution is 0.0591. The van der Waals surface area contributed by atoms with Crippen LogP contribution in [0.4, 0.5) is 0 Å². The Labute approximate surface area is 118 Å². The van der Waals surface area contributed by atoms with E-state index in [-0.39, 0.29) is 12.0 Å². The fourth-order valence-corrected chi connectivity index (χ4v) is 3.38. The molecule has 6 nitrogen and oxygen atoms in total. The zero-order valence-corrected chi connectivity index (χ0v) is 12.0. The molecule has 0 spiro atoms. The van der Waals surface area contributed by atoms with Crippen LogP contribution in [0.25, 0.3) is 0 Å². The SMILES string of the molecule is COC(=O)c1nnn(C2CCCCC2)c1C1CCCN1. The topological polar surface area (TPSA) is 69.0 Å². The number of nitrogens with one attached hydrogen (secondary N) is 1. The number of hydrogen-bond donors (Lipinski definition) is 1. The first kappa shape index (κ1) is 13.5. The summed E-state index contributed by atoms with van der Waals surface area (Å²) >= 11 is 0. The number of hydrogen-bond acceptors (Lipinski definition) is 5. The normalized spacial score (nSPS) is 23.9. The maximum Gasteiger partial charge on any atom is 0.360 e. The van der Waals surface area contributed by atoms with E-state index >= 15 is 0 Å². The maximum atomic E-state index is 11.9. The highest BCUT2D eigenvalue weighted by atomic mass is 16.5. The van der Waals surface area contributed by atoms with Gasteiger partial charge in [-0.1, -0.05) is 24.5 Å². The van der Waals surface area contributed by atoms with Crippen LogP contribution < -0.4 is 5.32 Å². The summed E-state index contributed by atoms with van der Waals surface area (Å²) in [7, 11) is 1.40. The summed E-state index contributed by atoms with van der Waals surface area (Å²) in [5.74, 6) is -0.379. The molecule has 3 rings (SSSR count). The number of carbonyl (C=O) groups is 1. The molecule has 1 saturated carbocycles. The minimum Gasteiger partial charge on any atom is -0.464 e. The summed E-state index contributed by atoms with van der Waals surface area (Å²) in [4.78, 5) is 11.9. The molecule has 2 heterocycles. The van der Waals surface area contributed by atoms with Gasteiger partial charge < -0.3 is 10.1 Å². The van der Waals surface area contributed by atoms with Gasteiger partial charge in [0.15, 0.2) is 5.69 Å². The number of ether oxygens (including phenoxy) is 1. The lowest BCUT2D eigenvalue weighted by Crippen LogP contribution is -2.24. The molecule has 1 aliphatic carbocycles. The van der Waals surface area contributed by atoms with Crippen LogP contribution in [0, 0.1) is 0 Å². The van der Waals surface area contributed by atoms with Crippen molar-refractivity contribution in [2.24, 2.45) is 0 Å². The van der Waals surface area contributed by atoms with Gasteiger partial charge in [-0.05, 0) is 32.2 Å². The number of carbonyl (C=O) groups excluding carboxylic acids is 1. The molecule has 1 aliphatic heterocycles. The number of rotatable bonds is 3. The molecule has 0 amide bonds. The molecule has 110 valence electrons. The molecule has 6 heteroatoms. The predicted molar refractivity (Wildman–Crippen MR) is 73.5 cm³/mol. The monoisotopic (exact) mass is 278 g/mol. The quantitative estimate of drug-likeness (QED) is 0.856. The molecule has 2 fully saturated rings. The van der Waals surface area contributed by atoms with E-state index in [2.05, 4.69) is 15.6 Å². The average Bonchev–Trinajstić information content (AvgIpc) is 3.15. The van der Waals surface area contributed by atoms with Crippen molar-refractivity contribution in [3.05, 3.63) is 11.4 Å². The summed E-state index contributed by atoms with van der Waals surface area (Å²) in [6.07, 6.45) is 8.18. The molecule has 1 aromatic heterocycles. The second kappa shape index (κ2) is 5.91. The zero-order chi connectivity index (χ0) is 13.9. The van der Waals surface area contributed by atoms with E-state index in [4.69, 9.17) is 4.74 Å². The van der Waals surface area contributed by atoms with Crippen LogP contribution in [0.2, 0.25) is 0 Å². The smallest absolute Gasteiger partial charge is 0.360 e. The van der Waals surface area contributed by atoms with Crippen molar-refractivity contribution >= 4 is 5.97 Å². The highest BCUT2D eigenvalue weighted by Crippen LogP contribution is 2.33. The van der Waals surface area contributed by atoms with Gasteiger partial charge in [0.25, 0.3) is 0 Å². The Morgan fingerprint density at radius 1 is 1.25 bits per heavy atom. The van der Waals surface area contributed by atoms with Gasteiger partial charge >= 0.3 is 5.97 Å². The summed E-state index contributed by atoms with van der Waals surface area (Å²) in [5.41, 5.74) is 1.32. The zero-order valence-electron chi connectivity index (χ0n) is 12.0. The molecule has 2 aliphatic rings. The molecule has 1 atom stereocenters. The Balaban J connectivity index is 1.95. The van der Waals surface area contributed by atoms with Gasteiger partial charge in [-0.3, -0.25) is 0 Å². The van der Waals surface area contributed by atoms with Gasteiger partial charge in [0.2, 0.25) is 0 Å². The second-order valence-corrected chi connectivity index (χ2v) is 5.70. The van der Waals surface area contributed by atoms with E-state index in [0.717, 1.165) is 37.9 Å². The molecule has 0 bridgehead atoms. The lowest BCUT2D eigenvalue weighted by Gasteiger charge is -2.25. The van der Waals surface area contributed by atoms with E-state index in [1.165, 1.54) is 26.4 Å². The number of methoxy groups -OCH3 is 1. The third-order valence-electron chi connectivity index (χ3n) is 4.42. The van der Waals surface area contributed by atoms with E-state index in [1.807, 2.05) is 4.68 Å². The summed E-state index contributed by atoms with van der Waals surface area (Å²) in [6.45, 7) is 0.987. The maximum absolute atomic E-state index is 11.9. The summed E-state index contributed by atoms with van der Waals surface area (Å²) in [6, 6.07) is 0.563. The van der Waals surface area contributed by atoms with Crippen molar-refractivity contribution in [3.8, 4) is 0 Å². The van der Waals surface area contributed by atoms with Crippen LogP contribution >= 0.6 is 0 Å². The molecular weight excluding hydrogens is 256 g/mol. The molecule has 0 aromatic carbocycles. The first-order chi connectivity index (χ1) is 9.81. The molecule has 20 heavy (non-hydrogen) atoms. The van der Waals surface area contributed by atoms with Crippen LogP contribution in [0.3, 0.4) is 0 Å². The van der Waals surface area contributed by atoms with Gasteiger partial charge in [0.1, 0.15) is 0 Å². The third kappa shape index (κ3) is 2.44. The van der Waals surface area contributed by atoms with Crippen LogP contribution in [-0.2, 0) is 4.74 Å². The van der Waals surface area contributed by atoms with Crippen molar-refractivity contribution < 1.29 is 9.53 Å². The van der Waals surface area contributed by atoms with E-state index < -0.39 is 0 Å². The first-order valence-electron chi connectivity index (χ1n) is 7.58. The first-order valence-corrected chi connectivity index (χ1v) is 7.58. The Bertz CT molecular complexity index is 474. The Morgan fingerprint density at radius 3 is 2.70 bits per heavy atom. The van der Waals surface area contributed by atoms with Gasteiger partial charge in [0, 0.05) is 0 Å².